The lowest BCUT2D eigenvalue weighted by molar-refractivity contribution is -0.121. The van der Waals surface area contributed by atoms with Crippen molar-refractivity contribution in [1.29, 1.82) is 0 Å². The summed E-state index contributed by atoms with van der Waals surface area (Å²) < 4.78 is 5.19. The van der Waals surface area contributed by atoms with E-state index in [-0.39, 0.29) is 5.91 Å². The Hall–Kier alpha value is -1.88. The average molecular weight is 303 g/mol. The maximum Gasteiger partial charge on any atom is 0.241 e. The van der Waals surface area contributed by atoms with Crippen LogP contribution in [0.1, 0.15) is 38.2 Å². The number of ether oxygens (including phenoxy) is 1. The van der Waals surface area contributed by atoms with E-state index in [4.69, 9.17) is 4.74 Å². The van der Waals surface area contributed by atoms with Crippen LogP contribution in [0.15, 0.2) is 29.4 Å². The van der Waals surface area contributed by atoms with Crippen LogP contribution in [-0.2, 0) is 4.79 Å². The fourth-order valence-electron chi connectivity index (χ4n) is 2.56. The molecule has 0 bridgehead atoms. The predicted molar refractivity (Wildman–Crippen MR) is 88.3 cm³/mol. The fourth-order valence-corrected chi connectivity index (χ4v) is 2.56. The van der Waals surface area contributed by atoms with Gasteiger partial charge in [0.2, 0.25) is 5.91 Å². The third-order valence-corrected chi connectivity index (χ3v) is 3.94. The number of nitrogens with one attached hydrogen (secondary N) is 1. The van der Waals surface area contributed by atoms with Crippen molar-refractivity contribution in [3.05, 3.63) is 29.8 Å². The minimum Gasteiger partial charge on any atom is -0.497 e. The molecule has 5 heteroatoms. The highest BCUT2D eigenvalue weighted by atomic mass is 16.5. The van der Waals surface area contributed by atoms with E-state index < -0.39 is 0 Å². The Morgan fingerprint density at radius 2 is 2.09 bits per heavy atom. The molecule has 0 radical (unpaired) electrons. The molecule has 1 fully saturated rings. The van der Waals surface area contributed by atoms with Crippen molar-refractivity contribution < 1.29 is 9.53 Å². The van der Waals surface area contributed by atoms with E-state index in [1.807, 2.05) is 31.2 Å². The largest absolute Gasteiger partial charge is 0.497 e. The zero-order valence-electron chi connectivity index (χ0n) is 13.5. The summed E-state index contributed by atoms with van der Waals surface area (Å²) in [6.07, 6.45) is 4.30. The number of rotatable bonds is 6. The summed E-state index contributed by atoms with van der Waals surface area (Å²) in [5, 5.41) is 4.18. The van der Waals surface area contributed by atoms with Gasteiger partial charge in [-0.25, -0.2) is 5.43 Å². The van der Waals surface area contributed by atoms with Gasteiger partial charge in [0.15, 0.2) is 0 Å². The second-order valence-electron chi connectivity index (χ2n) is 5.62. The molecule has 0 unspecified atom stereocenters. The number of methoxy groups -OCH3 is 1. The molecule has 0 saturated carbocycles. The number of hydrogen-bond acceptors (Lipinski definition) is 4. The lowest BCUT2D eigenvalue weighted by atomic mass is 10.1. The van der Waals surface area contributed by atoms with Gasteiger partial charge in [-0.05, 0) is 45.0 Å². The molecule has 1 aromatic carbocycles. The molecule has 0 spiro atoms. The van der Waals surface area contributed by atoms with Crippen LogP contribution in [-0.4, -0.2) is 43.3 Å². The van der Waals surface area contributed by atoms with Gasteiger partial charge >= 0.3 is 0 Å². The minimum atomic E-state index is -0.0344. The van der Waals surface area contributed by atoms with E-state index in [9.17, 15) is 4.79 Å². The molecule has 1 saturated heterocycles. The quantitative estimate of drug-likeness (QED) is 0.648. The van der Waals surface area contributed by atoms with E-state index >= 15 is 0 Å². The molecule has 0 aromatic heterocycles. The maximum atomic E-state index is 11.9. The Morgan fingerprint density at radius 1 is 1.32 bits per heavy atom. The van der Waals surface area contributed by atoms with Crippen LogP contribution in [0.4, 0.5) is 0 Å². The smallest absolute Gasteiger partial charge is 0.241 e. The summed E-state index contributed by atoms with van der Waals surface area (Å²) in [4.78, 5) is 14.2. The second kappa shape index (κ2) is 8.54. The van der Waals surface area contributed by atoms with E-state index in [1.54, 1.807) is 7.11 Å². The molecule has 1 aromatic rings. The number of carbonyl (C=O) groups excluding carboxylic acids is 1. The zero-order chi connectivity index (χ0) is 15.8. The summed E-state index contributed by atoms with van der Waals surface area (Å²) in [5.41, 5.74) is 4.35. The maximum absolute atomic E-state index is 11.9. The molecule has 2 rings (SSSR count). The molecule has 1 heterocycles. The normalized spacial score (nSPS) is 16.4. The number of benzene rings is 1. The highest BCUT2D eigenvalue weighted by molar-refractivity contribution is 5.99. The fraction of sp³-hybridized carbons (Fsp3) is 0.529. The van der Waals surface area contributed by atoms with Gasteiger partial charge in [0, 0.05) is 18.5 Å². The van der Waals surface area contributed by atoms with Gasteiger partial charge in [-0.15, -0.1) is 0 Å². The van der Waals surface area contributed by atoms with E-state index in [2.05, 4.69) is 15.4 Å². The lowest BCUT2D eigenvalue weighted by Crippen LogP contribution is -2.33. The molecule has 0 atom stereocenters. The van der Waals surface area contributed by atoms with E-state index in [0.717, 1.165) is 36.7 Å². The first-order chi connectivity index (χ1) is 10.7. The van der Waals surface area contributed by atoms with Crippen molar-refractivity contribution in [2.24, 2.45) is 5.10 Å². The molecule has 1 N–H and O–H groups in total. The number of amides is 1. The molecular formula is C17H25N3O2. The standard InChI is InChI=1S/C17H25N3O2/c1-14(15-7-6-8-16(13-15)22-2)18-19-17(21)9-12-20-10-4-3-5-11-20/h6-8,13H,3-5,9-12H2,1-2H3,(H,19,21)/b18-14+. The van der Waals surface area contributed by atoms with Crippen molar-refractivity contribution in [2.45, 2.75) is 32.6 Å². The van der Waals surface area contributed by atoms with Crippen molar-refractivity contribution in [2.75, 3.05) is 26.7 Å². The van der Waals surface area contributed by atoms with Crippen LogP contribution < -0.4 is 10.2 Å². The first-order valence-corrected chi connectivity index (χ1v) is 7.89. The average Bonchev–Trinajstić information content (AvgIpc) is 2.58. The number of hydrazone groups is 1. The molecule has 120 valence electrons. The first kappa shape index (κ1) is 16.5. The van der Waals surface area contributed by atoms with Crippen LogP contribution in [0.25, 0.3) is 0 Å². The summed E-state index contributed by atoms with van der Waals surface area (Å²) in [7, 11) is 1.63. The summed E-state index contributed by atoms with van der Waals surface area (Å²) in [6, 6.07) is 7.64. The Kier molecular flexibility index (Phi) is 6.40. The molecule has 22 heavy (non-hydrogen) atoms. The van der Waals surface area contributed by atoms with Crippen LogP contribution in [0.2, 0.25) is 0 Å². The summed E-state index contributed by atoms with van der Waals surface area (Å²) in [5.74, 6) is 0.747. The number of hydrogen-bond donors (Lipinski definition) is 1. The van der Waals surface area contributed by atoms with Gasteiger partial charge in [0.25, 0.3) is 0 Å². The molecule has 5 nitrogen and oxygen atoms in total. The lowest BCUT2D eigenvalue weighted by Gasteiger charge is -2.25. The van der Waals surface area contributed by atoms with E-state index in [0.29, 0.717) is 6.42 Å². The summed E-state index contributed by atoms with van der Waals surface area (Å²) in [6.45, 7) is 4.91. The topological polar surface area (TPSA) is 53.9 Å². The highest BCUT2D eigenvalue weighted by Crippen LogP contribution is 2.13. The predicted octanol–water partition coefficient (Wildman–Crippen LogP) is 2.41. The molecule has 0 aliphatic carbocycles. The number of nitrogens with zero attached hydrogens (tertiary/aromatic N) is 2. The van der Waals surface area contributed by atoms with Crippen molar-refractivity contribution in [3.63, 3.8) is 0 Å². The Labute approximate surface area is 132 Å². The van der Waals surface area contributed by atoms with Crippen LogP contribution in [0.5, 0.6) is 5.75 Å². The van der Waals surface area contributed by atoms with Crippen molar-refractivity contribution in [1.82, 2.24) is 10.3 Å². The molecule has 1 amide bonds. The van der Waals surface area contributed by atoms with Crippen LogP contribution >= 0.6 is 0 Å². The number of carbonyl (C=O) groups is 1. The Morgan fingerprint density at radius 3 is 2.82 bits per heavy atom. The summed E-state index contributed by atoms with van der Waals surface area (Å²) >= 11 is 0. The Bertz CT molecular complexity index is 522. The van der Waals surface area contributed by atoms with Crippen molar-refractivity contribution in [3.8, 4) is 5.75 Å². The molecule has 1 aliphatic rings. The van der Waals surface area contributed by atoms with Crippen molar-refractivity contribution >= 4 is 11.6 Å². The van der Waals surface area contributed by atoms with E-state index in [1.165, 1.54) is 19.3 Å². The SMILES string of the molecule is COc1cccc(/C(C)=N/NC(=O)CCN2CCCCC2)c1. The van der Waals surface area contributed by atoms with Gasteiger partial charge in [-0.1, -0.05) is 18.6 Å². The number of likely N-dealkylation sites (tertiary alicyclic amines) is 1. The van der Waals surface area contributed by atoms with Gasteiger partial charge in [0.05, 0.1) is 12.8 Å². The number of piperidine rings is 1. The monoisotopic (exact) mass is 303 g/mol. The first-order valence-electron chi connectivity index (χ1n) is 7.89. The third-order valence-electron chi connectivity index (χ3n) is 3.94. The Balaban J connectivity index is 1.80. The zero-order valence-corrected chi connectivity index (χ0v) is 13.5. The van der Waals surface area contributed by atoms with Gasteiger partial charge < -0.3 is 9.64 Å². The third kappa shape index (κ3) is 5.15. The molecular weight excluding hydrogens is 278 g/mol. The highest BCUT2D eigenvalue weighted by Gasteiger charge is 2.11. The van der Waals surface area contributed by atoms with Gasteiger partial charge in [0.1, 0.15) is 5.75 Å². The van der Waals surface area contributed by atoms with Crippen LogP contribution in [0.3, 0.4) is 0 Å². The molecule has 1 aliphatic heterocycles. The second-order valence-corrected chi connectivity index (χ2v) is 5.62. The van der Waals surface area contributed by atoms with Crippen LogP contribution in [0, 0.1) is 0 Å². The van der Waals surface area contributed by atoms with Gasteiger partial charge in [-0.3, -0.25) is 4.79 Å². The van der Waals surface area contributed by atoms with Gasteiger partial charge in [-0.2, -0.15) is 5.10 Å². The minimum absolute atomic E-state index is 0.0344.